The average molecular weight is 388 g/mol. The van der Waals surface area contributed by atoms with E-state index in [1.165, 1.54) is 0 Å². The van der Waals surface area contributed by atoms with E-state index in [1.807, 2.05) is 46.0 Å². The Morgan fingerprint density at radius 3 is 2.43 bits per heavy atom. The van der Waals surface area contributed by atoms with Crippen LogP contribution in [0.1, 0.15) is 67.8 Å². The Morgan fingerprint density at radius 2 is 1.86 bits per heavy atom. The molecular weight excluding hydrogens is 354 g/mol. The van der Waals surface area contributed by atoms with Crippen LogP contribution in [0.2, 0.25) is 0 Å². The normalized spacial score (nSPS) is 19.7. The van der Waals surface area contributed by atoms with E-state index in [0.717, 1.165) is 48.2 Å². The van der Waals surface area contributed by atoms with E-state index in [9.17, 15) is 9.59 Å². The molecule has 2 heterocycles. The van der Waals surface area contributed by atoms with Gasteiger partial charge in [-0.15, -0.1) is 0 Å². The summed E-state index contributed by atoms with van der Waals surface area (Å²) in [6.07, 6.45) is 5.07. The van der Waals surface area contributed by atoms with Gasteiger partial charge in [0.25, 0.3) is 0 Å². The lowest BCUT2D eigenvalue weighted by molar-refractivity contribution is 0.0187. The Labute approximate surface area is 168 Å². The molecule has 1 aliphatic carbocycles. The number of ether oxygens (including phenoxy) is 1. The van der Waals surface area contributed by atoms with Gasteiger partial charge in [-0.25, -0.2) is 4.79 Å². The zero-order chi connectivity index (χ0) is 20.6. The number of aryl methyl sites for hydroxylation is 2. The molecule has 1 aromatic rings. The number of likely N-dealkylation sites (tertiary alicyclic amines) is 1. The first-order valence-electron chi connectivity index (χ1n) is 10.2. The molecule has 0 bridgehead atoms. The van der Waals surface area contributed by atoms with E-state index in [2.05, 4.69) is 17.6 Å². The molecule has 1 saturated heterocycles. The van der Waals surface area contributed by atoms with Crippen molar-refractivity contribution in [1.29, 1.82) is 0 Å². The Hall–Kier alpha value is -2.24. The molecule has 154 valence electrons. The van der Waals surface area contributed by atoms with Crippen LogP contribution in [0.4, 0.5) is 4.79 Å². The number of hydrogen-bond donors (Lipinski definition) is 0. The number of rotatable bonds is 2. The Kier molecular flexibility index (Phi) is 5.60. The van der Waals surface area contributed by atoms with Crippen LogP contribution >= 0.6 is 0 Å². The first-order valence-corrected chi connectivity index (χ1v) is 10.2. The second kappa shape index (κ2) is 7.64. The minimum atomic E-state index is -0.481. The summed E-state index contributed by atoms with van der Waals surface area (Å²) in [6.45, 7) is 9.05. The molecule has 6 nitrogen and oxygen atoms in total. The van der Waals surface area contributed by atoms with Crippen molar-refractivity contribution in [3.8, 4) is 0 Å². The number of piperidine rings is 1. The molecule has 1 aromatic heterocycles. The van der Waals surface area contributed by atoms with Crippen LogP contribution in [0.25, 0.3) is 0 Å². The van der Waals surface area contributed by atoms with Gasteiger partial charge in [0.2, 0.25) is 5.78 Å². The molecule has 6 heteroatoms. The third-order valence-electron chi connectivity index (χ3n) is 5.37. The highest BCUT2D eigenvalue weighted by molar-refractivity contribution is 6.09. The fraction of sp³-hybridized carbons (Fsp3) is 0.636. The molecule has 0 atom stereocenters. The average Bonchev–Trinajstić information content (AvgIpc) is 2.92. The third kappa shape index (κ3) is 4.26. The zero-order valence-corrected chi connectivity index (χ0v) is 18.0. The van der Waals surface area contributed by atoms with Crippen molar-refractivity contribution in [2.45, 2.75) is 65.0 Å². The van der Waals surface area contributed by atoms with Crippen molar-refractivity contribution >= 4 is 11.9 Å². The van der Waals surface area contributed by atoms with Gasteiger partial charge in [-0.2, -0.15) is 0 Å². The fourth-order valence-electron chi connectivity index (χ4n) is 4.24. The number of amides is 1. The molecule has 0 unspecified atom stereocenters. The Morgan fingerprint density at radius 1 is 1.21 bits per heavy atom. The summed E-state index contributed by atoms with van der Waals surface area (Å²) >= 11 is 0. The predicted octanol–water partition coefficient (Wildman–Crippen LogP) is 3.94. The van der Waals surface area contributed by atoms with E-state index in [4.69, 9.17) is 4.74 Å². The van der Waals surface area contributed by atoms with Crippen molar-refractivity contribution in [2.75, 3.05) is 27.2 Å². The van der Waals surface area contributed by atoms with Gasteiger partial charge < -0.3 is 19.1 Å². The summed E-state index contributed by atoms with van der Waals surface area (Å²) in [5.74, 6) is 0.151. The van der Waals surface area contributed by atoms with Crippen LogP contribution in [-0.2, 0) is 11.2 Å². The molecule has 0 spiro atoms. The Balaban J connectivity index is 1.77. The minimum Gasteiger partial charge on any atom is -0.444 e. The summed E-state index contributed by atoms with van der Waals surface area (Å²) in [7, 11) is 3.90. The largest absolute Gasteiger partial charge is 0.444 e. The van der Waals surface area contributed by atoms with Crippen LogP contribution in [0.15, 0.2) is 17.8 Å². The van der Waals surface area contributed by atoms with E-state index in [-0.39, 0.29) is 17.9 Å². The van der Waals surface area contributed by atoms with Crippen molar-refractivity contribution in [3.63, 3.8) is 0 Å². The minimum absolute atomic E-state index is 0.151. The summed E-state index contributed by atoms with van der Waals surface area (Å²) in [5.41, 5.74) is 3.55. The van der Waals surface area contributed by atoms with Gasteiger partial charge in [0.1, 0.15) is 5.60 Å². The molecule has 0 saturated carbocycles. The molecule has 3 rings (SSSR count). The van der Waals surface area contributed by atoms with Gasteiger partial charge in [-0.05, 0) is 65.0 Å². The van der Waals surface area contributed by atoms with Gasteiger partial charge in [-0.3, -0.25) is 4.79 Å². The number of fused-ring (bicyclic) bond motifs is 1. The third-order valence-corrected chi connectivity index (χ3v) is 5.37. The number of carbonyl (C=O) groups excluding carboxylic acids is 2. The number of aromatic nitrogens is 1. The summed E-state index contributed by atoms with van der Waals surface area (Å²) in [5, 5.41) is 0. The maximum atomic E-state index is 13.2. The maximum Gasteiger partial charge on any atom is 0.410 e. The standard InChI is InChI=1S/C22H33N3O3/c1-15-13-16-7-8-17(14-23(5)6)20(26)19(16)25(15)18-9-11-24(12-10-18)21(27)28-22(2,3)4/h13-14,18H,7-12H2,1-6H3/b17-14+. The number of ketones is 1. The summed E-state index contributed by atoms with van der Waals surface area (Å²) in [4.78, 5) is 29.2. The van der Waals surface area contributed by atoms with Crippen molar-refractivity contribution in [1.82, 2.24) is 14.4 Å². The van der Waals surface area contributed by atoms with E-state index >= 15 is 0 Å². The lowest BCUT2D eigenvalue weighted by Gasteiger charge is -2.35. The van der Waals surface area contributed by atoms with Gasteiger partial charge in [0.05, 0.1) is 5.69 Å². The first-order chi connectivity index (χ1) is 13.1. The van der Waals surface area contributed by atoms with Crippen molar-refractivity contribution in [3.05, 3.63) is 34.8 Å². The molecular formula is C22H33N3O3. The Bertz CT molecular complexity index is 791. The monoisotopic (exact) mass is 387 g/mol. The van der Waals surface area contributed by atoms with Crippen LogP contribution in [0.3, 0.4) is 0 Å². The number of nitrogens with zero attached hydrogens (tertiary/aromatic N) is 3. The van der Waals surface area contributed by atoms with Crippen molar-refractivity contribution < 1.29 is 14.3 Å². The van der Waals surface area contributed by atoms with E-state index in [1.54, 1.807) is 4.90 Å². The fourth-order valence-corrected chi connectivity index (χ4v) is 4.24. The zero-order valence-electron chi connectivity index (χ0n) is 18.0. The van der Waals surface area contributed by atoms with Gasteiger partial charge in [0.15, 0.2) is 0 Å². The topological polar surface area (TPSA) is 54.8 Å². The SMILES string of the molecule is Cc1cc2c(n1C1CCN(C(=O)OC(C)(C)C)CC1)C(=O)/C(=C/N(C)C)CC2. The molecule has 1 fully saturated rings. The molecule has 0 radical (unpaired) electrons. The highest BCUT2D eigenvalue weighted by Crippen LogP contribution is 2.34. The maximum absolute atomic E-state index is 13.2. The first kappa shape index (κ1) is 20.5. The predicted molar refractivity (Wildman–Crippen MR) is 110 cm³/mol. The number of hydrogen-bond acceptors (Lipinski definition) is 4. The molecule has 2 aliphatic rings. The second-order valence-electron chi connectivity index (χ2n) is 9.18. The molecule has 0 N–H and O–H groups in total. The van der Waals surface area contributed by atoms with Crippen LogP contribution in [0.5, 0.6) is 0 Å². The number of allylic oxidation sites excluding steroid dienone is 1. The summed E-state index contributed by atoms with van der Waals surface area (Å²) in [6, 6.07) is 2.41. The highest BCUT2D eigenvalue weighted by atomic mass is 16.6. The van der Waals surface area contributed by atoms with E-state index < -0.39 is 5.60 Å². The second-order valence-corrected chi connectivity index (χ2v) is 9.18. The highest BCUT2D eigenvalue weighted by Gasteiger charge is 2.33. The summed E-state index contributed by atoms with van der Waals surface area (Å²) < 4.78 is 7.73. The van der Waals surface area contributed by atoms with Gasteiger partial charge >= 0.3 is 6.09 Å². The number of Topliss-reactive ketones (excluding diaryl/α,β-unsaturated/α-hetero) is 1. The van der Waals surface area contributed by atoms with Crippen LogP contribution in [-0.4, -0.2) is 59.0 Å². The lowest BCUT2D eigenvalue weighted by atomic mass is 9.91. The molecule has 0 aromatic carbocycles. The molecule has 28 heavy (non-hydrogen) atoms. The molecule has 1 aliphatic heterocycles. The van der Waals surface area contributed by atoms with Crippen LogP contribution < -0.4 is 0 Å². The quantitative estimate of drug-likeness (QED) is 0.721. The van der Waals surface area contributed by atoms with Crippen LogP contribution in [0, 0.1) is 6.92 Å². The molecule has 1 amide bonds. The number of carbonyl (C=O) groups is 2. The van der Waals surface area contributed by atoms with Crippen molar-refractivity contribution in [2.24, 2.45) is 0 Å². The van der Waals surface area contributed by atoms with Gasteiger partial charge in [0, 0.05) is 50.7 Å². The smallest absolute Gasteiger partial charge is 0.410 e. The van der Waals surface area contributed by atoms with Gasteiger partial charge in [-0.1, -0.05) is 0 Å². The lowest BCUT2D eigenvalue weighted by Crippen LogP contribution is -2.42. The van der Waals surface area contributed by atoms with E-state index in [0.29, 0.717) is 13.1 Å².